The standard InChI is InChI=1S/C29H27NO3/c31-28(32)27(22-33-21-23-13-5-1-6-14-23)30-29(24-15-7-2-8-16-24,25-17-9-3-10-18-25)26-19-11-4-12-20-26/h1-20,27,30H,21-22H2,(H,31,32)/t27-/m0/s1. The molecule has 166 valence electrons. The van der Waals surface area contributed by atoms with Crippen molar-refractivity contribution in [2.75, 3.05) is 6.61 Å². The summed E-state index contributed by atoms with van der Waals surface area (Å²) >= 11 is 0. The summed E-state index contributed by atoms with van der Waals surface area (Å²) in [7, 11) is 0. The second-order valence-electron chi connectivity index (χ2n) is 7.88. The van der Waals surface area contributed by atoms with Crippen LogP contribution in [0.1, 0.15) is 22.3 Å². The van der Waals surface area contributed by atoms with Crippen LogP contribution in [0.4, 0.5) is 0 Å². The van der Waals surface area contributed by atoms with Gasteiger partial charge in [0, 0.05) is 0 Å². The summed E-state index contributed by atoms with van der Waals surface area (Å²) in [5, 5.41) is 13.6. The molecule has 4 aromatic rings. The maximum absolute atomic E-state index is 12.4. The number of nitrogens with one attached hydrogen (secondary N) is 1. The van der Waals surface area contributed by atoms with E-state index >= 15 is 0 Å². The molecular formula is C29H27NO3. The molecule has 4 rings (SSSR count). The monoisotopic (exact) mass is 437 g/mol. The number of benzene rings is 4. The Morgan fingerprint density at radius 2 is 1.09 bits per heavy atom. The van der Waals surface area contributed by atoms with Crippen molar-refractivity contribution in [3.05, 3.63) is 144 Å². The highest BCUT2D eigenvalue weighted by molar-refractivity contribution is 5.74. The molecule has 33 heavy (non-hydrogen) atoms. The molecular weight excluding hydrogens is 410 g/mol. The van der Waals surface area contributed by atoms with E-state index in [0.717, 1.165) is 22.3 Å². The lowest BCUT2D eigenvalue weighted by Gasteiger charge is -2.39. The molecule has 2 N–H and O–H groups in total. The third kappa shape index (κ3) is 5.20. The lowest BCUT2D eigenvalue weighted by Crippen LogP contribution is -2.54. The van der Waals surface area contributed by atoms with Gasteiger partial charge in [0.2, 0.25) is 0 Å². The Hall–Kier alpha value is -3.73. The summed E-state index contributed by atoms with van der Waals surface area (Å²) in [6.07, 6.45) is 0. The van der Waals surface area contributed by atoms with Crippen LogP contribution in [0, 0.1) is 0 Å². The number of carboxylic acid groups (broad SMARTS) is 1. The number of carboxylic acids is 1. The second kappa shape index (κ2) is 10.7. The van der Waals surface area contributed by atoms with Gasteiger partial charge in [-0.05, 0) is 22.3 Å². The summed E-state index contributed by atoms with van der Waals surface area (Å²) < 4.78 is 5.85. The maximum atomic E-state index is 12.4. The summed E-state index contributed by atoms with van der Waals surface area (Å²) in [6, 6.07) is 38.7. The predicted molar refractivity (Wildman–Crippen MR) is 130 cm³/mol. The number of hydrogen-bond donors (Lipinski definition) is 2. The lowest BCUT2D eigenvalue weighted by molar-refractivity contribution is -0.141. The van der Waals surface area contributed by atoms with E-state index in [4.69, 9.17) is 4.74 Å². The largest absolute Gasteiger partial charge is 0.480 e. The number of rotatable bonds is 10. The molecule has 0 saturated heterocycles. The Labute approximate surface area is 194 Å². The minimum Gasteiger partial charge on any atom is -0.480 e. The first-order valence-corrected chi connectivity index (χ1v) is 11.0. The van der Waals surface area contributed by atoms with Crippen molar-refractivity contribution in [1.82, 2.24) is 5.32 Å². The first kappa shape index (κ1) is 22.5. The predicted octanol–water partition coefficient (Wildman–Crippen LogP) is 5.24. The Balaban J connectivity index is 1.74. The lowest BCUT2D eigenvalue weighted by atomic mass is 9.76. The van der Waals surface area contributed by atoms with Gasteiger partial charge in [-0.1, -0.05) is 121 Å². The number of carbonyl (C=O) groups is 1. The SMILES string of the molecule is O=C(O)[C@H](COCc1ccccc1)NC(c1ccccc1)(c1ccccc1)c1ccccc1. The highest BCUT2D eigenvalue weighted by atomic mass is 16.5. The van der Waals surface area contributed by atoms with E-state index in [9.17, 15) is 9.90 Å². The molecule has 0 saturated carbocycles. The molecule has 4 heteroatoms. The molecule has 0 amide bonds. The van der Waals surface area contributed by atoms with Crippen LogP contribution < -0.4 is 5.32 Å². The first-order valence-electron chi connectivity index (χ1n) is 11.0. The van der Waals surface area contributed by atoms with Gasteiger partial charge < -0.3 is 9.84 Å². The van der Waals surface area contributed by atoms with Gasteiger partial charge in [-0.25, -0.2) is 0 Å². The molecule has 0 bridgehead atoms. The molecule has 0 radical (unpaired) electrons. The highest BCUT2D eigenvalue weighted by Crippen LogP contribution is 2.37. The molecule has 0 spiro atoms. The zero-order valence-electron chi connectivity index (χ0n) is 18.3. The molecule has 0 aromatic heterocycles. The fourth-order valence-electron chi connectivity index (χ4n) is 4.12. The van der Waals surface area contributed by atoms with Gasteiger partial charge in [0.25, 0.3) is 0 Å². The minimum atomic E-state index is -0.963. The van der Waals surface area contributed by atoms with Crippen molar-refractivity contribution in [2.24, 2.45) is 0 Å². The molecule has 0 aliphatic carbocycles. The Morgan fingerprint density at radius 1 is 0.697 bits per heavy atom. The average molecular weight is 438 g/mol. The number of ether oxygens (including phenoxy) is 1. The van der Waals surface area contributed by atoms with Gasteiger partial charge in [0.15, 0.2) is 0 Å². The van der Waals surface area contributed by atoms with Crippen LogP contribution in [0.2, 0.25) is 0 Å². The van der Waals surface area contributed by atoms with E-state index in [-0.39, 0.29) is 6.61 Å². The summed E-state index contributed by atoms with van der Waals surface area (Å²) in [4.78, 5) is 12.4. The third-order valence-corrected chi connectivity index (χ3v) is 5.71. The summed E-state index contributed by atoms with van der Waals surface area (Å²) in [6.45, 7) is 0.375. The van der Waals surface area contributed by atoms with Crippen LogP contribution in [0.25, 0.3) is 0 Å². The smallest absolute Gasteiger partial charge is 0.323 e. The molecule has 1 atom stereocenters. The zero-order chi connectivity index (χ0) is 22.9. The Bertz CT molecular complexity index is 1040. The topological polar surface area (TPSA) is 58.6 Å². The van der Waals surface area contributed by atoms with Gasteiger partial charge in [0.05, 0.1) is 18.8 Å². The molecule has 4 aromatic carbocycles. The van der Waals surface area contributed by atoms with Crippen molar-refractivity contribution in [3.8, 4) is 0 Å². The van der Waals surface area contributed by atoms with E-state index < -0.39 is 17.6 Å². The normalized spacial score (nSPS) is 12.2. The van der Waals surface area contributed by atoms with E-state index in [1.165, 1.54) is 0 Å². The molecule has 0 unspecified atom stereocenters. The first-order chi connectivity index (χ1) is 16.2. The van der Waals surface area contributed by atoms with Gasteiger partial charge >= 0.3 is 5.97 Å². The molecule has 0 fully saturated rings. The van der Waals surface area contributed by atoms with Crippen molar-refractivity contribution >= 4 is 5.97 Å². The van der Waals surface area contributed by atoms with Gasteiger partial charge in [-0.15, -0.1) is 0 Å². The molecule has 0 aliphatic heterocycles. The maximum Gasteiger partial charge on any atom is 0.323 e. The van der Waals surface area contributed by atoms with Crippen molar-refractivity contribution in [3.63, 3.8) is 0 Å². The Morgan fingerprint density at radius 3 is 1.48 bits per heavy atom. The zero-order valence-corrected chi connectivity index (χ0v) is 18.3. The van der Waals surface area contributed by atoms with Crippen molar-refractivity contribution in [1.29, 1.82) is 0 Å². The fraction of sp³-hybridized carbons (Fsp3) is 0.138. The molecule has 0 heterocycles. The summed E-state index contributed by atoms with van der Waals surface area (Å²) in [5.41, 5.74) is 3.00. The van der Waals surface area contributed by atoms with E-state index in [1.807, 2.05) is 121 Å². The van der Waals surface area contributed by atoms with Crippen molar-refractivity contribution < 1.29 is 14.6 Å². The third-order valence-electron chi connectivity index (χ3n) is 5.71. The minimum absolute atomic E-state index is 0.0263. The fourth-order valence-corrected chi connectivity index (χ4v) is 4.12. The van der Waals surface area contributed by atoms with Crippen LogP contribution in [0.15, 0.2) is 121 Å². The Kier molecular flexibility index (Phi) is 7.30. The van der Waals surface area contributed by atoms with Crippen LogP contribution in [-0.2, 0) is 21.7 Å². The van der Waals surface area contributed by atoms with Gasteiger partial charge in [-0.3, -0.25) is 10.1 Å². The number of aliphatic carboxylic acids is 1. The second-order valence-corrected chi connectivity index (χ2v) is 7.88. The quantitative estimate of drug-likeness (QED) is 0.333. The van der Waals surface area contributed by atoms with Crippen LogP contribution >= 0.6 is 0 Å². The van der Waals surface area contributed by atoms with Crippen molar-refractivity contribution in [2.45, 2.75) is 18.2 Å². The van der Waals surface area contributed by atoms with Crippen LogP contribution in [0.5, 0.6) is 0 Å². The van der Waals surface area contributed by atoms with Crippen LogP contribution in [0.3, 0.4) is 0 Å². The van der Waals surface area contributed by atoms with E-state index in [0.29, 0.717) is 6.61 Å². The number of hydrogen-bond acceptors (Lipinski definition) is 3. The van der Waals surface area contributed by atoms with E-state index in [2.05, 4.69) is 5.32 Å². The summed E-state index contributed by atoms with van der Waals surface area (Å²) in [5.74, 6) is -0.963. The van der Waals surface area contributed by atoms with Crippen LogP contribution in [-0.4, -0.2) is 23.7 Å². The average Bonchev–Trinajstić information content (AvgIpc) is 2.88. The molecule has 0 aliphatic rings. The van der Waals surface area contributed by atoms with Gasteiger partial charge in [-0.2, -0.15) is 0 Å². The molecule has 4 nitrogen and oxygen atoms in total. The van der Waals surface area contributed by atoms with Gasteiger partial charge in [0.1, 0.15) is 6.04 Å². The highest BCUT2D eigenvalue weighted by Gasteiger charge is 2.39. The van der Waals surface area contributed by atoms with E-state index in [1.54, 1.807) is 0 Å².